The Morgan fingerprint density at radius 1 is 0.667 bits per heavy atom. The number of rotatable bonds is 5. The maximum absolute atomic E-state index is 3.66. The molecule has 0 spiro atoms. The van der Waals surface area contributed by atoms with E-state index in [0.29, 0.717) is 0 Å². The zero-order chi connectivity index (χ0) is 14.9. The second kappa shape index (κ2) is 9.55. The summed E-state index contributed by atoms with van der Waals surface area (Å²) in [4.78, 5) is 0. The summed E-state index contributed by atoms with van der Waals surface area (Å²) < 4.78 is 0. The van der Waals surface area contributed by atoms with Gasteiger partial charge in [-0.15, -0.1) is 0 Å². The van der Waals surface area contributed by atoms with Crippen LogP contribution in [0.1, 0.15) is 97.3 Å². The first kappa shape index (κ1) is 16.9. The summed E-state index contributed by atoms with van der Waals surface area (Å²) in [6.45, 7) is 4.65. The summed E-state index contributed by atoms with van der Waals surface area (Å²) in [5.41, 5.74) is 0. The summed E-state index contributed by atoms with van der Waals surface area (Å²) >= 11 is 0. The maximum atomic E-state index is 3.66. The van der Waals surface area contributed by atoms with Gasteiger partial charge in [0.25, 0.3) is 0 Å². The Kier molecular flexibility index (Phi) is 7.70. The summed E-state index contributed by atoms with van der Waals surface area (Å²) in [7, 11) is 0. The van der Waals surface area contributed by atoms with E-state index in [1.165, 1.54) is 83.5 Å². The largest absolute Gasteiger partial charge is 0.0996 e. The molecule has 21 heavy (non-hydrogen) atoms. The third kappa shape index (κ3) is 6.06. The van der Waals surface area contributed by atoms with E-state index in [1.54, 1.807) is 0 Å². The van der Waals surface area contributed by atoms with Crippen LogP contribution in [0.2, 0.25) is 0 Å². The predicted octanol–water partition coefficient (Wildman–Crippen LogP) is 6.59. The van der Waals surface area contributed by atoms with Gasteiger partial charge in [0, 0.05) is 11.8 Å². The molecule has 0 atom stereocenters. The highest BCUT2D eigenvalue weighted by atomic mass is 14.3. The highest BCUT2D eigenvalue weighted by Gasteiger charge is 2.21. The van der Waals surface area contributed by atoms with Crippen LogP contribution >= 0.6 is 0 Å². The lowest BCUT2D eigenvalue weighted by Crippen LogP contribution is -2.15. The molecule has 0 nitrogen and oxygen atoms in total. The van der Waals surface area contributed by atoms with Crippen molar-refractivity contribution >= 4 is 0 Å². The number of unbranched alkanes of at least 4 members (excludes halogenated alkanes) is 2. The van der Waals surface area contributed by atoms with Crippen molar-refractivity contribution in [1.82, 2.24) is 0 Å². The molecule has 0 N–H and O–H groups in total. The Hall–Kier alpha value is -0.440. The molecule has 0 aromatic rings. The SMILES string of the molecule is CCCCCC1CCC(C#CC2CCC(CC)CC2)CC1. The molecule has 2 fully saturated rings. The molecule has 0 unspecified atom stereocenters. The Morgan fingerprint density at radius 2 is 1.19 bits per heavy atom. The lowest BCUT2D eigenvalue weighted by atomic mass is 9.78. The van der Waals surface area contributed by atoms with Gasteiger partial charge in [0.05, 0.1) is 0 Å². The summed E-state index contributed by atoms with van der Waals surface area (Å²) in [6, 6.07) is 0. The van der Waals surface area contributed by atoms with Crippen LogP contribution in [0.4, 0.5) is 0 Å². The van der Waals surface area contributed by atoms with Crippen LogP contribution in [0, 0.1) is 35.5 Å². The summed E-state index contributed by atoms with van der Waals surface area (Å²) in [6.07, 6.45) is 18.4. The van der Waals surface area contributed by atoms with Crippen molar-refractivity contribution in [2.45, 2.75) is 97.3 Å². The molecule has 0 radical (unpaired) electrons. The van der Waals surface area contributed by atoms with Crippen molar-refractivity contribution in [3.63, 3.8) is 0 Å². The molecule has 0 amide bonds. The molecule has 0 aromatic carbocycles. The summed E-state index contributed by atoms with van der Waals surface area (Å²) in [5, 5.41) is 0. The van der Waals surface area contributed by atoms with Crippen molar-refractivity contribution in [1.29, 1.82) is 0 Å². The van der Waals surface area contributed by atoms with E-state index in [1.807, 2.05) is 0 Å². The molecule has 2 saturated carbocycles. The van der Waals surface area contributed by atoms with E-state index >= 15 is 0 Å². The van der Waals surface area contributed by atoms with Crippen LogP contribution in [0.15, 0.2) is 0 Å². The van der Waals surface area contributed by atoms with Crippen LogP contribution in [0.5, 0.6) is 0 Å². The Morgan fingerprint density at radius 3 is 1.67 bits per heavy atom. The minimum Gasteiger partial charge on any atom is -0.0996 e. The van der Waals surface area contributed by atoms with Crippen molar-refractivity contribution in [3.05, 3.63) is 0 Å². The van der Waals surface area contributed by atoms with Gasteiger partial charge in [-0.1, -0.05) is 57.8 Å². The van der Waals surface area contributed by atoms with Gasteiger partial charge in [0.15, 0.2) is 0 Å². The Bertz CT molecular complexity index is 316. The van der Waals surface area contributed by atoms with Crippen molar-refractivity contribution in [3.8, 4) is 11.8 Å². The van der Waals surface area contributed by atoms with Gasteiger partial charge >= 0.3 is 0 Å². The predicted molar refractivity (Wildman–Crippen MR) is 93.1 cm³/mol. The van der Waals surface area contributed by atoms with Gasteiger partial charge in [-0.25, -0.2) is 0 Å². The van der Waals surface area contributed by atoms with E-state index in [4.69, 9.17) is 0 Å². The molecule has 0 heteroatoms. The van der Waals surface area contributed by atoms with Crippen molar-refractivity contribution in [2.24, 2.45) is 23.7 Å². The van der Waals surface area contributed by atoms with Crippen molar-refractivity contribution < 1.29 is 0 Å². The topological polar surface area (TPSA) is 0 Å². The molecule has 0 heterocycles. The Labute approximate surface area is 133 Å². The molecule has 2 aliphatic carbocycles. The maximum Gasteiger partial charge on any atom is 0.0203 e. The molecular formula is C21H36. The third-order valence-corrected chi connectivity index (χ3v) is 5.98. The standard InChI is InChI=1S/C21H36/c1-3-5-6-7-19-12-14-21(15-13-19)17-16-20-10-8-18(4-2)9-11-20/h18-21H,3-15H2,1-2H3. The minimum absolute atomic E-state index is 0.732. The fourth-order valence-corrected chi connectivity index (χ4v) is 4.23. The van der Waals surface area contributed by atoms with E-state index in [2.05, 4.69) is 25.7 Å². The van der Waals surface area contributed by atoms with Crippen LogP contribution < -0.4 is 0 Å². The highest BCUT2D eigenvalue weighted by Crippen LogP contribution is 2.33. The average molecular weight is 289 g/mol. The average Bonchev–Trinajstić information content (AvgIpc) is 2.55. The molecule has 0 aliphatic heterocycles. The molecule has 2 aliphatic rings. The first-order valence-electron chi connectivity index (χ1n) is 9.82. The fourth-order valence-electron chi connectivity index (χ4n) is 4.23. The molecular weight excluding hydrogens is 252 g/mol. The van der Waals surface area contributed by atoms with Gasteiger partial charge in [-0.05, 0) is 63.2 Å². The van der Waals surface area contributed by atoms with Gasteiger partial charge < -0.3 is 0 Å². The normalized spacial score (nSPS) is 33.2. The van der Waals surface area contributed by atoms with Gasteiger partial charge in [-0.3, -0.25) is 0 Å². The highest BCUT2D eigenvalue weighted by molar-refractivity contribution is 5.09. The number of hydrogen-bond acceptors (Lipinski definition) is 0. The zero-order valence-electron chi connectivity index (χ0n) is 14.5. The lowest BCUT2D eigenvalue weighted by molar-refractivity contribution is 0.292. The number of hydrogen-bond donors (Lipinski definition) is 0. The van der Waals surface area contributed by atoms with Crippen LogP contribution in [0.25, 0.3) is 0 Å². The second-order valence-corrected chi connectivity index (χ2v) is 7.63. The molecule has 0 saturated heterocycles. The van der Waals surface area contributed by atoms with Crippen LogP contribution in [-0.2, 0) is 0 Å². The van der Waals surface area contributed by atoms with E-state index in [0.717, 1.165) is 23.7 Å². The molecule has 2 rings (SSSR count). The van der Waals surface area contributed by atoms with Crippen molar-refractivity contribution in [2.75, 3.05) is 0 Å². The van der Waals surface area contributed by atoms with Gasteiger partial charge in [-0.2, -0.15) is 0 Å². The van der Waals surface area contributed by atoms with Crippen LogP contribution in [-0.4, -0.2) is 0 Å². The van der Waals surface area contributed by atoms with E-state index in [-0.39, 0.29) is 0 Å². The lowest BCUT2D eigenvalue weighted by Gasteiger charge is -2.26. The van der Waals surface area contributed by atoms with Crippen LogP contribution in [0.3, 0.4) is 0 Å². The Balaban J connectivity index is 1.64. The minimum atomic E-state index is 0.732. The quantitative estimate of drug-likeness (QED) is 0.395. The van der Waals surface area contributed by atoms with Gasteiger partial charge in [0.1, 0.15) is 0 Å². The fraction of sp³-hybridized carbons (Fsp3) is 0.905. The molecule has 120 valence electrons. The molecule has 0 bridgehead atoms. The third-order valence-electron chi connectivity index (χ3n) is 5.98. The molecule has 0 aromatic heterocycles. The first-order valence-corrected chi connectivity index (χ1v) is 9.82. The second-order valence-electron chi connectivity index (χ2n) is 7.63. The summed E-state index contributed by atoms with van der Waals surface area (Å²) in [5.74, 6) is 10.8. The first-order chi connectivity index (χ1) is 10.3. The van der Waals surface area contributed by atoms with E-state index in [9.17, 15) is 0 Å². The monoisotopic (exact) mass is 288 g/mol. The van der Waals surface area contributed by atoms with E-state index < -0.39 is 0 Å². The van der Waals surface area contributed by atoms with Gasteiger partial charge in [0.2, 0.25) is 0 Å². The smallest absolute Gasteiger partial charge is 0.0203 e. The zero-order valence-corrected chi connectivity index (χ0v) is 14.5.